The summed E-state index contributed by atoms with van der Waals surface area (Å²) in [7, 11) is 0. The van der Waals surface area contributed by atoms with E-state index in [1.807, 2.05) is 19.1 Å². The molecular formula is C12H16ClNO. The Labute approximate surface area is 95.3 Å². The van der Waals surface area contributed by atoms with Gasteiger partial charge < -0.3 is 10.4 Å². The van der Waals surface area contributed by atoms with Gasteiger partial charge in [0.1, 0.15) is 0 Å². The Hall–Kier alpha value is -0.570. The zero-order valence-electron chi connectivity index (χ0n) is 8.83. The van der Waals surface area contributed by atoms with E-state index >= 15 is 0 Å². The monoisotopic (exact) mass is 225 g/mol. The molecule has 0 aliphatic carbocycles. The molecule has 82 valence electrons. The van der Waals surface area contributed by atoms with E-state index in [9.17, 15) is 5.11 Å². The average molecular weight is 226 g/mol. The Bertz CT molecular complexity index is 353. The van der Waals surface area contributed by atoms with Crippen LogP contribution in [0.1, 0.15) is 11.1 Å². The number of aliphatic hydroxyl groups excluding tert-OH is 1. The summed E-state index contributed by atoms with van der Waals surface area (Å²) < 4.78 is 0. The van der Waals surface area contributed by atoms with Gasteiger partial charge in [-0.1, -0.05) is 23.7 Å². The first-order valence-corrected chi connectivity index (χ1v) is 5.68. The lowest BCUT2D eigenvalue weighted by Gasteiger charge is -2.13. The molecule has 1 saturated heterocycles. The minimum Gasteiger partial charge on any atom is -0.391 e. The second-order valence-corrected chi connectivity index (χ2v) is 4.68. The molecule has 1 aliphatic rings. The highest BCUT2D eigenvalue weighted by Gasteiger charge is 2.24. The van der Waals surface area contributed by atoms with Gasteiger partial charge in [0.25, 0.3) is 0 Å². The van der Waals surface area contributed by atoms with E-state index in [1.54, 1.807) is 0 Å². The highest BCUT2D eigenvalue weighted by atomic mass is 35.5. The minimum atomic E-state index is -0.207. The molecule has 0 spiro atoms. The third-order valence-electron chi connectivity index (χ3n) is 3.02. The molecule has 2 N–H and O–H groups in total. The van der Waals surface area contributed by atoms with Crippen LogP contribution in [0.3, 0.4) is 0 Å². The molecule has 0 unspecified atom stereocenters. The number of halogens is 1. The molecule has 0 amide bonds. The van der Waals surface area contributed by atoms with Gasteiger partial charge in [-0.3, -0.25) is 0 Å². The lowest BCUT2D eigenvalue weighted by atomic mass is 9.96. The van der Waals surface area contributed by atoms with E-state index in [4.69, 9.17) is 11.6 Å². The van der Waals surface area contributed by atoms with Gasteiger partial charge in [0.15, 0.2) is 0 Å². The molecule has 2 rings (SSSR count). The number of β-amino-alcohol motifs (C(OH)–C–C–N with tert-alkyl or cyclic N) is 1. The SMILES string of the molecule is Cc1cc(C[C@@H]2CNC[C@H]2O)ccc1Cl. The van der Waals surface area contributed by atoms with Crippen LogP contribution in [0.2, 0.25) is 5.02 Å². The van der Waals surface area contributed by atoms with Gasteiger partial charge in [-0.05, 0) is 30.5 Å². The van der Waals surface area contributed by atoms with Crippen molar-refractivity contribution in [3.8, 4) is 0 Å². The van der Waals surface area contributed by atoms with Crippen LogP contribution in [-0.2, 0) is 6.42 Å². The molecule has 0 radical (unpaired) electrons. The molecular weight excluding hydrogens is 210 g/mol. The molecule has 15 heavy (non-hydrogen) atoms. The van der Waals surface area contributed by atoms with Gasteiger partial charge in [0, 0.05) is 24.0 Å². The quantitative estimate of drug-likeness (QED) is 0.804. The van der Waals surface area contributed by atoms with Crippen molar-refractivity contribution in [2.75, 3.05) is 13.1 Å². The van der Waals surface area contributed by atoms with Crippen molar-refractivity contribution >= 4 is 11.6 Å². The van der Waals surface area contributed by atoms with Gasteiger partial charge >= 0.3 is 0 Å². The Morgan fingerprint density at radius 2 is 2.27 bits per heavy atom. The van der Waals surface area contributed by atoms with E-state index in [-0.39, 0.29) is 6.10 Å². The summed E-state index contributed by atoms with van der Waals surface area (Å²) in [6.45, 7) is 3.63. The lowest BCUT2D eigenvalue weighted by Crippen LogP contribution is -2.19. The Kier molecular flexibility index (Phi) is 3.29. The first-order valence-electron chi connectivity index (χ1n) is 5.30. The van der Waals surface area contributed by atoms with Crippen molar-refractivity contribution in [3.05, 3.63) is 34.3 Å². The Morgan fingerprint density at radius 3 is 2.87 bits per heavy atom. The van der Waals surface area contributed by atoms with E-state index in [0.717, 1.165) is 30.1 Å². The fourth-order valence-electron chi connectivity index (χ4n) is 2.06. The second kappa shape index (κ2) is 4.52. The molecule has 1 fully saturated rings. The Balaban J connectivity index is 2.07. The fraction of sp³-hybridized carbons (Fsp3) is 0.500. The van der Waals surface area contributed by atoms with Crippen molar-refractivity contribution in [1.82, 2.24) is 5.32 Å². The standard InChI is InChI=1S/C12H16ClNO/c1-8-4-9(2-3-11(8)13)5-10-6-14-7-12(10)15/h2-4,10,12,14-15H,5-7H2,1H3/t10-,12-/m1/s1. The summed E-state index contributed by atoms with van der Waals surface area (Å²) in [4.78, 5) is 0. The number of aryl methyl sites for hydroxylation is 1. The predicted molar refractivity (Wildman–Crippen MR) is 62.3 cm³/mol. The van der Waals surface area contributed by atoms with Crippen LogP contribution >= 0.6 is 11.6 Å². The zero-order valence-corrected chi connectivity index (χ0v) is 9.59. The van der Waals surface area contributed by atoms with Crippen molar-refractivity contribution < 1.29 is 5.11 Å². The van der Waals surface area contributed by atoms with Crippen molar-refractivity contribution in [2.24, 2.45) is 5.92 Å². The van der Waals surface area contributed by atoms with Crippen LogP contribution in [0.25, 0.3) is 0 Å². The lowest BCUT2D eigenvalue weighted by molar-refractivity contribution is 0.147. The van der Waals surface area contributed by atoms with Crippen LogP contribution in [0, 0.1) is 12.8 Å². The number of hydrogen-bond donors (Lipinski definition) is 2. The minimum absolute atomic E-state index is 0.207. The van der Waals surface area contributed by atoms with Gasteiger partial charge in [-0.25, -0.2) is 0 Å². The summed E-state index contributed by atoms with van der Waals surface area (Å²) in [5.41, 5.74) is 2.36. The molecule has 0 saturated carbocycles. The topological polar surface area (TPSA) is 32.3 Å². The number of rotatable bonds is 2. The second-order valence-electron chi connectivity index (χ2n) is 4.27. The van der Waals surface area contributed by atoms with Crippen LogP contribution in [0.5, 0.6) is 0 Å². The largest absolute Gasteiger partial charge is 0.391 e. The maximum atomic E-state index is 9.69. The van der Waals surface area contributed by atoms with E-state index < -0.39 is 0 Å². The highest BCUT2D eigenvalue weighted by Crippen LogP contribution is 2.20. The molecule has 3 heteroatoms. The first-order chi connectivity index (χ1) is 7.16. The predicted octanol–water partition coefficient (Wildman–Crippen LogP) is 1.77. The number of hydrogen-bond acceptors (Lipinski definition) is 2. The van der Waals surface area contributed by atoms with Gasteiger partial charge in [-0.2, -0.15) is 0 Å². The summed E-state index contributed by atoms with van der Waals surface area (Å²) >= 11 is 5.96. The summed E-state index contributed by atoms with van der Waals surface area (Å²) in [6, 6.07) is 6.08. The van der Waals surface area contributed by atoms with E-state index in [1.165, 1.54) is 5.56 Å². The molecule has 1 heterocycles. The zero-order chi connectivity index (χ0) is 10.8. The summed E-state index contributed by atoms with van der Waals surface area (Å²) in [5, 5.41) is 13.7. The maximum Gasteiger partial charge on any atom is 0.0708 e. The van der Waals surface area contributed by atoms with Gasteiger partial charge in [0.05, 0.1) is 6.10 Å². The van der Waals surface area contributed by atoms with Crippen molar-refractivity contribution in [2.45, 2.75) is 19.4 Å². The third-order valence-corrected chi connectivity index (χ3v) is 3.45. The summed E-state index contributed by atoms with van der Waals surface area (Å²) in [6.07, 6.45) is 0.715. The van der Waals surface area contributed by atoms with Gasteiger partial charge in [0.2, 0.25) is 0 Å². The highest BCUT2D eigenvalue weighted by molar-refractivity contribution is 6.31. The van der Waals surface area contributed by atoms with Crippen molar-refractivity contribution in [1.29, 1.82) is 0 Å². The fourth-order valence-corrected chi connectivity index (χ4v) is 2.18. The van der Waals surface area contributed by atoms with Crippen LogP contribution in [-0.4, -0.2) is 24.3 Å². The number of aliphatic hydroxyl groups is 1. The molecule has 2 atom stereocenters. The summed E-state index contributed by atoms with van der Waals surface area (Å²) in [5.74, 6) is 0.338. The molecule has 1 aromatic rings. The van der Waals surface area contributed by atoms with Crippen LogP contribution < -0.4 is 5.32 Å². The smallest absolute Gasteiger partial charge is 0.0708 e. The number of benzene rings is 1. The molecule has 0 aromatic heterocycles. The van der Waals surface area contributed by atoms with E-state index in [0.29, 0.717) is 5.92 Å². The van der Waals surface area contributed by atoms with Gasteiger partial charge in [-0.15, -0.1) is 0 Å². The first kappa shape index (κ1) is 10.9. The normalized spacial score (nSPS) is 25.8. The molecule has 1 aromatic carbocycles. The molecule has 2 nitrogen and oxygen atoms in total. The average Bonchev–Trinajstić information content (AvgIpc) is 2.59. The van der Waals surface area contributed by atoms with Crippen LogP contribution in [0.4, 0.5) is 0 Å². The van der Waals surface area contributed by atoms with E-state index in [2.05, 4.69) is 11.4 Å². The maximum absolute atomic E-state index is 9.69. The van der Waals surface area contributed by atoms with Crippen molar-refractivity contribution in [3.63, 3.8) is 0 Å². The molecule has 1 aliphatic heterocycles. The number of nitrogens with one attached hydrogen (secondary N) is 1. The molecule has 0 bridgehead atoms. The van der Waals surface area contributed by atoms with Crippen LogP contribution in [0.15, 0.2) is 18.2 Å². The third kappa shape index (κ3) is 2.51. The Morgan fingerprint density at radius 1 is 1.47 bits per heavy atom.